The number of esters is 1. The second kappa shape index (κ2) is 5.49. The molecule has 6 nitrogen and oxygen atoms in total. The summed E-state index contributed by atoms with van der Waals surface area (Å²) in [5, 5.41) is 0. The summed E-state index contributed by atoms with van der Waals surface area (Å²) in [7, 11) is 1.37. The van der Waals surface area contributed by atoms with Gasteiger partial charge in [0, 0.05) is 5.56 Å². The highest BCUT2D eigenvalue weighted by Crippen LogP contribution is 2.28. The van der Waals surface area contributed by atoms with Crippen LogP contribution in [0.15, 0.2) is 34.3 Å². The highest BCUT2D eigenvalue weighted by atomic mass is 19.1. The van der Waals surface area contributed by atoms with E-state index in [4.69, 9.17) is 15.2 Å². The van der Waals surface area contributed by atoms with Gasteiger partial charge in [-0.25, -0.2) is 9.18 Å². The molecule has 1 heterocycles. The molecule has 1 aliphatic heterocycles. The van der Waals surface area contributed by atoms with Crippen LogP contribution in [0.5, 0.6) is 0 Å². The average molecular weight is 307 g/mol. The zero-order valence-electron chi connectivity index (χ0n) is 12.9. The molecule has 1 aliphatic rings. The lowest BCUT2D eigenvalue weighted by Gasteiger charge is -2.25. The lowest BCUT2D eigenvalue weighted by Crippen LogP contribution is -2.47. The zero-order chi connectivity index (χ0) is 16.5. The summed E-state index contributed by atoms with van der Waals surface area (Å²) < 4.78 is 23.4. The molecule has 0 radical (unpaired) electrons. The topological polar surface area (TPSA) is 86.3 Å². The Hall–Kier alpha value is -2.28. The van der Waals surface area contributed by atoms with Crippen molar-refractivity contribution in [3.05, 3.63) is 35.6 Å². The summed E-state index contributed by atoms with van der Waals surface area (Å²) in [6.45, 7) is 5.19. The molecular weight excluding hydrogens is 289 g/mol. The van der Waals surface area contributed by atoms with Crippen LogP contribution in [0.1, 0.15) is 26.3 Å². The molecule has 118 valence electrons. The second-order valence-corrected chi connectivity index (χ2v) is 5.83. The van der Waals surface area contributed by atoms with Gasteiger partial charge in [-0.05, 0) is 32.9 Å². The molecule has 0 saturated carbocycles. The van der Waals surface area contributed by atoms with E-state index in [1.54, 1.807) is 20.8 Å². The molecule has 0 saturated heterocycles. The molecule has 1 aromatic carbocycles. The fourth-order valence-corrected chi connectivity index (χ4v) is 1.93. The van der Waals surface area contributed by atoms with Crippen molar-refractivity contribution < 1.29 is 18.7 Å². The molecule has 1 atom stereocenters. The van der Waals surface area contributed by atoms with Gasteiger partial charge in [-0.1, -0.05) is 12.1 Å². The number of carbonyl (C=O) groups is 1. The molecule has 0 spiro atoms. The Morgan fingerprint density at radius 2 is 1.86 bits per heavy atom. The maximum Gasteiger partial charge on any atom is 0.357 e. The first-order chi connectivity index (χ1) is 10.2. The molecule has 0 aromatic heterocycles. The Labute approximate surface area is 127 Å². The number of amidine groups is 1. The molecule has 1 aromatic rings. The van der Waals surface area contributed by atoms with Gasteiger partial charge in [0.1, 0.15) is 11.4 Å². The van der Waals surface area contributed by atoms with Gasteiger partial charge in [-0.15, -0.1) is 0 Å². The van der Waals surface area contributed by atoms with E-state index in [-0.39, 0.29) is 11.7 Å². The van der Waals surface area contributed by atoms with Gasteiger partial charge >= 0.3 is 12.0 Å². The Kier molecular flexibility index (Phi) is 4.02. The van der Waals surface area contributed by atoms with Crippen molar-refractivity contribution >= 4 is 17.7 Å². The first kappa shape index (κ1) is 16.1. The average Bonchev–Trinajstić information content (AvgIpc) is 2.76. The number of carbonyl (C=O) groups excluding carboxylic acids is 1. The Bertz CT molecular complexity index is 647. The number of nitrogens with zero attached hydrogens (tertiary/aromatic N) is 2. The quantitative estimate of drug-likeness (QED) is 0.843. The summed E-state index contributed by atoms with van der Waals surface area (Å²) in [6.07, 6.45) is 0. The third-order valence-corrected chi connectivity index (χ3v) is 2.90. The predicted octanol–water partition coefficient (Wildman–Crippen LogP) is 1.74. The number of hydrogen-bond donors (Lipinski definition) is 1. The molecule has 2 N–H and O–H groups in total. The van der Waals surface area contributed by atoms with E-state index in [0.717, 1.165) is 0 Å². The molecule has 0 fully saturated rings. The van der Waals surface area contributed by atoms with Gasteiger partial charge in [-0.2, -0.15) is 9.98 Å². The summed E-state index contributed by atoms with van der Waals surface area (Å²) in [4.78, 5) is 20.5. The molecule has 2 rings (SSSR count). The standard InChI is InChI=1S/C15H18FN3O3/c1-14(2,3)22-12(20)11-15(17,19-13(18-11)21-4)9-5-7-10(16)8-6-9/h5-8H,17H2,1-4H3. The normalized spacial score (nSPS) is 21.2. The number of nitrogens with two attached hydrogens (primary N) is 1. The number of aliphatic imine (C=N–C) groups is 2. The van der Waals surface area contributed by atoms with Crippen LogP contribution in [-0.2, 0) is 19.9 Å². The Balaban J connectivity index is 2.43. The molecule has 22 heavy (non-hydrogen) atoms. The Morgan fingerprint density at radius 3 is 2.36 bits per heavy atom. The fraction of sp³-hybridized carbons (Fsp3) is 0.400. The van der Waals surface area contributed by atoms with Crippen molar-refractivity contribution in [3.63, 3.8) is 0 Å². The molecule has 0 bridgehead atoms. The summed E-state index contributed by atoms with van der Waals surface area (Å²) in [5.74, 6) is -1.12. The zero-order valence-corrected chi connectivity index (χ0v) is 12.9. The molecule has 0 amide bonds. The van der Waals surface area contributed by atoms with Crippen LogP contribution in [-0.4, -0.2) is 30.4 Å². The van der Waals surface area contributed by atoms with Gasteiger partial charge < -0.3 is 9.47 Å². The van der Waals surface area contributed by atoms with Gasteiger partial charge in [0.15, 0.2) is 11.4 Å². The Morgan fingerprint density at radius 1 is 1.27 bits per heavy atom. The van der Waals surface area contributed by atoms with E-state index in [2.05, 4.69) is 9.98 Å². The highest BCUT2D eigenvalue weighted by Gasteiger charge is 2.44. The maximum absolute atomic E-state index is 13.1. The SMILES string of the molecule is COC1=NC(N)(c2ccc(F)cc2)C(C(=O)OC(C)(C)C)=N1. The first-order valence-corrected chi connectivity index (χ1v) is 6.67. The number of methoxy groups -OCH3 is 1. The van der Waals surface area contributed by atoms with Crippen molar-refractivity contribution in [2.75, 3.05) is 7.11 Å². The molecular formula is C15H18FN3O3. The van der Waals surface area contributed by atoms with Crippen LogP contribution in [0.4, 0.5) is 4.39 Å². The van der Waals surface area contributed by atoms with Crippen LogP contribution in [0, 0.1) is 5.82 Å². The number of ether oxygens (including phenoxy) is 2. The molecule has 0 aliphatic carbocycles. The first-order valence-electron chi connectivity index (χ1n) is 6.67. The minimum absolute atomic E-state index is 0.0346. The number of halogens is 1. The molecule has 1 unspecified atom stereocenters. The van der Waals surface area contributed by atoms with Gasteiger partial charge in [-0.3, -0.25) is 5.73 Å². The van der Waals surface area contributed by atoms with Gasteiger partial charge in [0.2, 0.25) is 0 Å². The van der Waals surface area contributed by atoms with Crippen molar-refractivity contribution in [2.45, 2.75) is 32.0 Å². The van der Waals surface area contributed by atoms with E-state index in [1.165, 1.54) is 31.4 Å². The number of rotatable bonds is 2. The van der Waals surface area contributed by atoms with Crippen molar-refractivity contribution in [3.8, 4) is 0 Å². The minimum Gasteiger partial charge on any atom is -0.467 e. The largest absolute Gasteiger partial charge is 0.467 e. The fourth-order valence-electron chi connectivity index (χ4n) is 1.93. The summed E-state index contributed by atoms with van der Waals surface area (Å²) in [6, 6.07) is 5.32. The van der Waals surface area contributed by atoms with Crippen molar-refractivity contribution in [2.24, 2.45) is 15.7 Å². The summed E-state index contributed by atoms with van der Waals surface area (Å²) in [5.41, 5.74) is 4.26. The van der Waals surface area contributed by atoms with Crippen LogP contribution in [0.3, 0.4) is 0 Å². The minimum atomic E-state index is -1.57. The number of benzene rings is 1. The van der Waals surface area contributed by atoms with Crippen LogP contribution < -0.4 is 5.73 Å². The second-order valence-electron chi connectivity index (χ2n) is 5.83. The number of hydrogen-bond acceptors (Lipinski definition) is 6. The van der Waals surface area contributed by atoms with Crippen molar-refractivity contribution in [1.29, 1.82) is 0 Å². The molecule has 7 heteroatoms. The monoisotopic (exact) mass is 307 g/mol. The van der Waals surface area contributed by atoms with Gasteiger partial charge in [0.25, 0.3) is 0 Å². The van der Waals surface area contributed by atoms with E-state index in [1.807, 2.05) is 0 Å². The lowest BCUT2D eigenvalue weighted by atomic mass is 9.96. The highest BCUT2D eigenvalue weighted by molar-refractivity contribution is 6.42. The van der Waals surface area contributed by atoms with E-state index >= 15 is 0 Å². The lowest BCUT2D eigenvalue weighted by molar-refractivity contribution is -0.146. The van der Waals surface area contributed by atoms with E-state index < -0.39 is 23.1 Å². The maximum atomic E-state index is 13.1. The van der Waals surface area contributed by atoms with E-state index in [0.29, 0.717) is 5.56 Å². The van der Waals surface area contributed by atoms with Crippen LogP contribution >= 0.6 is 0 Å². The van der Waals surface area contributed by atoms with Crippen LogP contribution in [0.2, 0.25) is 0 Å². The summed E-state index contributed by atoms with van der Waals surface area (Å²) >= 11 is 0. The van der Waals surface area contributed by atoms with E-state index in [9.17, 15) is 9.18 Å². The van der Waals surface area contributed by atoms with Crippen molar-refractivity contribution in [1.82, 2.24) is 0 Å². The smallest absolute Gasteiger partial charge is 0.357 e. The van der Waals surface area contributed by atoms with Gasteiger partial charge in [0.05, 0.1) is 7.11 Å². The third-order valence-electron chi connectivity index (χ3n) is 2.90. The predicted molar refractivity (Wildman–Crippen MR) is 80.0 cm³/mol. The van der Waals surface area contributed by atoms with Crippen LogP contribution in [0.25, 0.3) is 0 Å². The third kappa shape index (κ3) is 3.14.